The van der Waals surface area contributed by atoms with Crippen LogP contribution in [0.15, 0.2) is 24.3 Å². The molecule has 0 spiro atoms. The van der Waals surface area contributed by atoms with E-state index >= 15 is 0 Å². The Labute approximate surface area is 97.3 Å². The molecule has 1 aliphatic carbocycles. The second-order valence-corrected chi connectivity index (χ2v) is 5.04. The van der Waals surface area contributed by atoms with Gasteiger partial charge >= 0.3 is 0 Å². The largest absolute Gasteiger partial charge is 0.508 e. The third kappa shape index (κ3) is 2.22. The van der Waals surface area contributed by atoms with E-state index < -0.39 is 0 Å². The van der Waals surface area contributed by atoms with E-state index in [2.05, 4.69) is 13.8 Å². The van der Waals surface area contributed by atoms with E-state index in [1.54, 1.807) is 12.1 Å². The second kappa shape index (κ2) is 4.46. The Morgan fingerprint density at radius 2 is 1.88 bits per heavy atom. The average Bonchev–Trinajstić information content (AvgIpc) is 2.18. The van der Waals surface area contributed by atoms with Gasteiger partial charge in [0, 0.05) is 5.41 Å². The number of ether oxygens (including phenoxy) is 1. The Kier molecular flexibility index (Phi) is 3.20. The van der Waals surface area contributed by atoms with Crippen LogP contribution in [-0.4, -0.2) is 17.8 Å². The van der Waals surface area contributed by atoms with E-state index in [-0.39, 0.29) is 11.5 Å². The van der Waals surface area contributed by atoms with E-state index in [0.29, 0.717) is 5.75 Å². The first kappa shape index (κ1) is 11.5. The Hall–Kier alpha value is -1.02. The molecule has 0 heterocycles. The van der Waals surface area contributed by atoms with Crippen molar-refractivity contribution in [2.75, 3.05) is 6.61 Å². The van der Waals surface area contributed by atoms with Crippen LogP contribution in [-0.2, 0) is 10.2 Å². The molecule has 0 aromatic heterocycles. The molecule has 0 amide bonds. The Balaban J connectivity index is 2.11. The molecule has 1 aromatic carbocycles. The van der Waals surface area contributed by atoms with Crippen LogP contribution in [0.5, 0.6) is 5.75 Å². The van der Waals surface area contributed by atoms with E-state index in [9.17, 15) is 5.11 Å². The number of rotatable bonds is 4. The second-order valence-electron chi connectivity index (χ2n) is 5.04. The molecule has 1 aromatic rings. The summed E-state index contributed by atoms with van der Waals surface area (Å²) >= 11 is 0. The minimum atomic E-state index is 0.206. The van der Waals surface area contributed by atoms with Gasteiger partial charge in [0.25, 0.3) is 0 Å². The van der Waals surface area contributed by atoms with Crippen molar-refractivity contribution in [1.29, 1.82) is 0 Å². The first-order chi connectivity index (χ1) is 7.62. The number of hydrogen-bond acceptors (Lipinski definition) is 2. The summed E-state index contributed by atoms with van der Waals surface area (Å²) in [7, 11) is 0. The van der Waals surface area contributed by atoms with Crippen LogP contribution in [0.2, 0.25) is 0 Å². The Morgan fingerprint density at radius 1 is 1.25 bits per heavy atom. The highest BCUT2D eigenvalue weighted by Crippen LogP contribution is 2.44. The van der Waals surface area contributed by atoms with Gasteiger partial charge in [0.2, 0.25) is 0 Å². The van der Waals surface area contributed by atoms with Gasteiger partial charge in [-0.15, -0.1) is 0 Å². The predicted octanol–water partition coefficient (Wildman–Crippen LogP) is 3.24. The summed E-state index contributed by atoms with van der Waals surface area (Å²) in [4.78, 5) is 0. The molecule has 16 heavy (non-hydrogen) atoms. The normalized spacial score (nSPS) is 18.4. The maximum atomic E-state index is 9.30. The van der Waals surface area contributed by atoms with Gasteiger partial charge in [0.1, 0.15) is 5.75 Å². The van der Waals surface area contributed by atoms with E-state index in [1.165, 1.54) is 24.8 Å². The summed E-state index contributed by atoms with van der Waals surface area (Å²) in [6, 6.07) is 7.59. The number of hydrogen-bond donors (Lipinski definition) is 1. The van der Waals surface area contributed by atoms with Crippen LogP contribution >= 0.6 is 0 Å². The van der Waals surface area contributed by atoms with Crippen molar-refractivity contribution >= 4 is 0 Å². The molecule has 88 valence electrons. The molecule has 0 saturated heterocycles. The zero-order valence-electron chi connectivity index (χ0n) is 10.1. The SMILES string of the molecule is CC(C)OCC1(c2ccc(O)cc2)CCC1. The third-order valence-corrected chi connectivity index (χ3v) is 3.48. The van der Waals surface area contributed by atoms with Gasteiger partial charge in [-0.1, -0.05) is 18.6 Å². The Morgan fingerprint density at radius 3 is 2.31 bits per heavy atom. The van der Waals surface area contributed by atoms with Gasteiger partial charge in [-0.05, 0) is 44.4 Å². The van der Waals surface area contributed by atoms with Crippen LogP contribution in [0.1, 0.15) is 38.7 Å². The predicted molar refractivity (Wildman–Crippen MR) is 64.7 cm³/mol. The van der Waals surface area contributed by atoms with Gasteiger partial charge in [0.05, 0.1) is 12.7 Å². The van der Waals surface area contributed by atoms with Crippen molar-refractivity contribution in [3.8, 4) is 5.75 Å². The summed E-state index contributed by atoms with van der Waals surface area (Å²) < 4.78 is 5.77. The molecule has 2 nitrogen and oxygen atoms in total. The van der Waals surface area contributed by atoms with Crippen LogP contribution in [0.3, 0.4) is 0 Å². The van der Waals surface area contributed by atoms with Crippen LogP contribution < -0.4 is 0 Å². The molecule has 0 atom stereocenters. The first-order valence-corrected chi connectivity index (χ1v) is 6.03. The van der Waals surface area contributed by atoms with Crippen LogP contribution in [0, 0.1) is 0 Å². The lowest BCUT2D eigenvalue weighted by Gasteiger charge is -2.42. The molecule has 0 aliphatic heterocycles. The third-order valence-electron chi connectivity index (χ3n) is 3.48. The highest BCUT2D eigenvalue weighted by molar-refractivity contribution is 5.33. The lowest BCUT2D eigenvalue weighted by molar-refractivity contribution is 0.00985. The topological polar surface area (TPSA) is 29.5 Å². The number of aromatic hydroxyl groups is 1. The lowest BCUT2D eigenvalue weighted by Crippen LogP contribution is -2.39. The van der Waals surface area contributed by atoms with Crippen molar-refractivity contribution in [1.82, 2.24) is 0 Å². The molecule has 1 aliphatic rings. The van der Waals surface area contributed by atoms with Crippen molar-refractivity contribution in [2.45, 2.75) is 44.6 Å². The maximum absolute atomic E-state index is 9.30. The fourth-order valence-corrected chi connectivity index (χ4v) is 2.26. The average molecular weight is 220 g/mol. The standard InChI is InChI=1S/C14H20O2/c1-11(2)16-10-14(8-3-9-14)12-4-6-13(15)7-5-12/h4-7,11,15H,3,8-10H2,1-2H3. The van der Waals surface area contributed by atoms with Crippen molar-refractivity contribution in [2.24, 2.45) is 0 Å². The van der Waals surface area contributed by atoms with Crippen molar-refractivity contribution < 1.29 is 9.84 Å². The molecule has 1 saturated carbocycles. The number of phenolic OH excluding ortho intramolecular Hbond substituents is 1. The van der Waals surface area contributed by atoms with Gasteiger partial charge in [-0.25, -0.2) is 0 Å². The molecule has 0 bridgehead atoms. The van der Waals surface area contributed by atoms with Crippen LogP contribution in [0.4, 0.5) is 0 Å². The summed E-state index contributed by atoms with van der Waals surface area (Å²) in [5, 5.41) is 9.30. The fourth-order valence-electron chi connectivity index (χ4n) is 2.26. The molecule has 1 fully saturated rings. The molecule has 2 heteroatoms. The monoisotopic (exact) mass is 220 g/mol. The van der Waals surface area contributed by atoms with Crippen molar-refractivity contribution in [3.05, 3.63) is 29.8 Å². The van der Waals surface area contributed by atoms with E-state index in [0.717, 1.165) is 6.61 Å². The molecule has 2 rings (SSSR count). The van der Waals surface area contributed by atoms with E-state index in [1.807, 2.05) is 12.1 Å². The maximum Gasteiger partial charge on any atom is 0.115 e. The van der Waals surface area contributed by atoms with Gasteiger partial charge in [-0.3, -0.25) is 0 Å². The quantitative estimate of drug-likeness (QED) is 0.844. The lowest BCUT2D eigenvalue weighted by atomic mass is 9.65. The molecular weight excluding hydrogens is 200 g/mol. The first-order valence-electron chi connectivity index (χ1n) is 6.03. The zero-order chi connectivity index (χ0) is 11.6. The molecule has 1 N–H and O–H groups in total. The Bertz CT molecular complexity index is 336. The molecule has 0 unspecified atom stereocenters. The van der Waals surface area contributed by atoms with Gasteiger partial charge in [0.15, 0.2) is 0 Å². The molecule has 0 radical (unpaired) electrons. The molecular formula is C14H20O2. The fraction of sp³-hybridized carbons (Fsp3) is 0.571. The summed E-state index contributed by atoms with van der Waals surface area (Å²) in [6.45, 7) is 4.95. The number of phenols is 1. The number of benzene rings is 1. The summed E-state index contributed by atoms with van der Waals surface area (Å²) in [6.07, 6.45) is 3.96. The zero-order valence-corrected chi connectivity index (χ0v) is 10.1. The van der Waals surface area contributed by atoms with Crippen LogP contribution in [0.25, 0.3) is 0 Å². The van der Waals surface area contributed by atoms with Gasteiger partial charge < -0.3 is 9.84 Å². The highest BCUT2D eigenvalue weighted by atomic mass is 16.5. The minimum Gasteiger partial charge on any atom is -0.508 e. The summed E-state index contributed by atoms with van der Waals surface area (Å²) in [5.41, 5.74) is 1.51. The van der Waals surface area contributed by atoms with Gasteiger partial charge in [-0.2, -0.15) is 0 Å². The smallest absolute Gasteiger partial charge is 0.115 e. The van der Waals surface area contributed by atoms with Crippen molar-refractivity contribution in [3.63, 3.8) is 0 Å². The highest BCUT2D eigenvalue weighted by Gasteiger charge is 2.39. The van der Waals surface area contributed by atoms with E-state index in [4.69, 9.17) is 4.74 Å². The summed E-state index contributed by atoms with van der Waals surface area (Å²) in [5.74, 6) is 0.336. The minimum absolute atomic E-state index is 0.206.